The second kappa shape index (κ2) is 8.56. The maximum absolute atomic E-state index is 12.1. The van der Waals surface area contributed by atoms with Crippen LogP contribution >= 0.6 is 34.5 Å². The number of nitrogens with zero attached hydrogens (tertiary/aromatic N) is 2. The molecule has 2 N–H and O–H groups in total. The number of urea groups is 1. The number of nitrogens with one attached hydrogen (secondary N) is 2. The molecule has 0 aliphatic heterocycles. The summed E-state index contributed by atoms with van der Waals surface area (Å²) in [5.41, 5.74) is 2.77. The average molecular weight is 423 g/mol. The van der Waals surface area contributed by atoms with Gasteiger partial charge in [0.05, 0.1) is 10.0 Å². The number of aryl methyl sites for hydroxylation is 2. The minimum atomic E-state index is -0.452. The fourth-order valence-corrected chi connectivity index (χ4v) is 3.30. The van der Waals surface area contributed by atoms with E-state index < -0.39 is 6.03 Å². The first kappa shape index (κ1) is 19.4. The zero-order valence-electron chi connectivity index (χ0n) is 14.5. The number of hydrogen-bond donors (Lipinski definition) is 2. The van der Waals surface area contributed by atoms with Gasteiger partial charge in [-0.05, 0) is 55.3 Å². The van der Waals surface area contributed by atoms with Gasteiger partial charge in [-0.15, -0.1) is 10.2 Å². The first-order valence-corrected chi connectivity index (χ1v) is 9.53. The Morgan fingerprint density at radius 2 is 1.78 bits per heavy atom. The Kier molecular flexibility index (Phi) is 6.15. The number of rotatable bonds is 5. The summed E-state index contributed by atoms with van der Waals surface area (Å²) >= 11 is 13.0. The summed E-state index contributed by atoms with van der Waals surface area (Å²) in [5, 5.41) is 15.0. The Bertz CT molecular complexity index is 957. The first-order valence-electron chi connectivity index (χ1n) is 7.95. The lowest BCUT2D eigenvalue weighted by molar-refractivity contribution is 0.262. The molecule has 0 atom stereocenters. The maximum Gasteiger partial charge on any atom is 0.325 e. The van der Waals surface area contributed by atoms with Gasteiger partial charge in [-0.2, -0.15) is 0 Å². The monoisotopic (exact) mass is 422 g/mol. The second-order valence-electron chi connectivity index (χ2n) is 5.82. The van der Waals surface area contributed by atoms with E-state index in [4.69, 9.17) is 27.9 Å². The van der Waals surface area contributed by atoms with Gasteiger partial charge in [0.2, 0.25) is 5.13 Å². The molecule has 9 heteroatoms. The fourth-order valence-electron chi connectivity index (χ4n) is 2.36. The van der Waals surface area contributed by atoms with Crippen molar-refractivity contribution in [2.45, 2.75) is 20.5 Å². The highest BCUT2D eigenvalue weighted by molar-refractivity contribution is 7.15. The van der Waals surface area contributed by atoms with Crippen molar-refractivity contribution < 1.29 is 9.53 Å². The minimum Gasteiger partial charge on any atom is -0.486 e. The number of aromatic nitrogens is 2. The number of carbonyl (C=O) groups excluding carboxylic acids is 1. The molecule has 0 fully saturated rings. The van der Waals surface area contributed by atoms with Gasteiger partial charge in [-0.1, -0.05) is 40.6 Å². The highest BCUT2D eigenvalue weighted by atomic mass is 35.5. The van der Waals surface area contributed by atoms with Gasteiger partial charge in [-0.3, -0.25) is 5.32 Å². The molecule has 1 aromatic heterocycles. The van der Waals surface area contributed by atoms with Crippen LogP contribution in [0.15, 0.2) is 36.4 Å². The van der Waals surface area contributed by atoms with Crippen LogP contribution in [0.2, 0.25) is 10.0 Å². The van der Waals surface area contributed by atoms with Gasteiger partial charge in [0.1, 0.15) is 12.4 Å². The third-order valence-electron chi connectivity index (χ3n) is 3.42. The Morgan fingerprint density at radius 3 is 2.48 bits per heavy atom. The SMILES string of the molecule is Cc1cc(C)cc(OCc2nnc(NC(=O)Nc3ccc(Cl)c(Cl)c3)s2)c1. The molecule has 1 heterocycles. The van der Waals surface area contributed by atoms with E-state index in [1.807, 2.05) is 26.0 Å². The number of benzene rings is 2. The lowest BCUT2D eigenvalue weighted by Gasteiger charge is -2.06. The highest BCUT2D eigenvalue weighted by Gasteiger charge is 2.10. The fraction of sp³-hybridized carbons (Fsp3) is 0.167. The summed E-state index contributed by atoms with van der Waals surface area (Å²) in [6, 6.07) is 10.4. The molecule has 6 nitrogen and oxygen atoms in total. The number of carbonyl (C=O) groups is 1. The van der Waals surface area contributed by atoms with Gasteiger partial charge in [0.25, 0.3) is 0 Å². The predicted molar refractivity (Wildman–Crippen MR) is 109 cm³/mol. The van der Waals surface area contributed by atoms with Gasteiger partial charge < -0.3 is 10.1 Å². The van der Waals surface area contributed by atoms with Crippen molar-refractivity contribution in [2.24, 2.45) is 0 Å². The number of amides is 2. The van der Waals surface area contributed by atoms with E-state index in [1.165, 1.54) is 11.3 Å². The molecular formula is C18H16Cl2N4O2S. The summed E-state index contributed by atoms with van der Waals surface area (Å²) in [7, 11) is 0. The van der Waals surface area contributed by atoms with Crippen molar-refractivity contribution in [3.05, 3.63) is 62.6 Å². The van der Waals surface area contributed by atoms with E-state index in [9.17, 15) is 4.79 Å². The summed E-state index contributed by atoms with van der Waals surface area (Å²) in [5.74, 6) is 0.773. The molecule has 0 saturated carbocycles. The normalized spacial score (nSPS) is 10.5. The molecule has 0 saturated heterocycles. The van der Waals surface area contributed by atoms with E-state index >= 15 is 0 Å². The standard InChI is InChI=1S/C18H16Cl2N4O2S/c1-10-5-11(2)7-13(6-10)26-9-16-23-24-18(27-16)22-17(25)21-12-3-4-14(19)15(20)8-12/h3-8H,9H2,1-2H3,(H2,21,22,24,25). The largest absolute Gasteiger partial charge is 0.486 e. The molecule has 3 aromatic rings. The van der Waals surface area contributed by atoms with Crippen LogP contribution in [0, 0.1) is 13.8 Å². The Morgan fingerprint density at radius 1 is 1.04 bits per heavy atom. The molecule has 0 unspecified atom stereocenters. The van der Waals surface area contributed by atoms with E-state index in [2.05, 4.69) is 26.9 Å². The van der Waals surface area contributed by atoms with E-state index in [0.717, 1.165) is 16.9 Å². The molecule has 0 bridgehead atoms. The quantitative estimate of drug-likeness (QED) is 0.553. The molecule has 0 spiro atoms. The van der Waals surface area contributed by atoms with E-state index in [-0.39, 0.29) is 6.61 Å². The zero-order valence-corrected chi connectivity index (χ0v) is 16.9. The molecule has 0 aliphatic carbocycles. The van der Waals surface area contributed by atoms with Crippen molar-refractivity contribution in [3.63, 3.8) is 0 Å². The highest BCUT2D eigenvalue weighted by Crippen LogP contribution is 2.25. The second-order valence-corrected chi connectivity index (χ2v) is 7.70. The zero-order chi connectivity index (χ0) is 19.4. The smallest absolute Gasteiger partial charge is 0.325 e. The molecule has 140 valence electrons. The van der Waals surface area contributed by atoms with Gasteiger partial charge in [-0.25, -0.2) is 4.79 Å². The number of hydrogen-bond acceptors (Lipinski definition) is 5. The number of anilines is 2. The number of ether oxygens (including phenoxy) is 1. The van der Waals surface area contributed by atoms with Crippen LogP contribution in [0.3, 0.4) is 0 Å². The maximum atomic E-state index is 12.1. The Labute approximate surface area is 170 Å². The first-order chi connectivity index (χ1) is 12.9. The average Bonchev–Trinajstić information content (AvgIpc) is 3.03. The Balaban J connectivity index is 1.55. The number of halogens is 2. The molecule has 0 radical (unpaired) electrons. The summed E-state index contributed by atoms with van der Waals surface area (Å²) < 4.78 is 5.74. The van der Waals surface area contributed by atoms with Gasteiger partial charge in [0, 0.05) is 5.69 Å². The molecule has 2 amide bonds. The molecule has 2 aromatic carbocycles. The summed E-state index contributed by atoms with van der Waals surface area (Å²) in [6.45, 7) is 4.30. The van der Waals surface area contributed by atoms with Crippen LogP contribution in [0.1, 0.15) is 16.1 Å². The van der Waals surface area contributed by atoms with Crippen molar-refractivity contribution >= 4 is 51.4 Å². The van der Waals surface area contributed by atoms with Crippen LogP contribution in [-0.4, -0.2) is 16.2 Å². The van der Waals surface area contributed by atoms with Crippen LogP contribution in [0.25, 0.3) is 0 Å². The van der Waals surface area contributed by atoms with Crippen LogP contribution in [0.5, 0.6) is 5.75 Å². The lowest BCUT2D eigenvalue weighted by atomic mass is 10.1. The predicted octanol–water partition coefficient (Wildman–Crippen LogP) is 5.68. The van der Waals surface area contributed by atoms with E-state index in [0.29, 0.717) is 25.9 Å². The van der Waals surface area contributed by atoms with Crippen LogP contribution in [-0.2, 0) is 6.61 Å². The molecule has 3 rings (SSSR count). The lowest BCUT2D eigenvalue weighted by Crippen LogP contribution is -2.19. The minimum absolute atomic E-state index is 0.274. The van der Waals surface area contributed by atoms with Gasteiger partial charge >= 0.3 is 6.03 Å². The van der Waals surface area contributed by atoms with Crippen molar-refractivity contribution in [2.75, 3.05) is 10.6 Å². The van der Waals surface area contributed by atoms with Crippen LogP contribution in [0.4, 0.5) is 15.6 Å². The van der Waals surface area contributed by atoms with Crippen molar-refractivity contribution in [3.8, 4) is 5.75 Å². The molecule has 27 heavy (non-hydrogen) atoms. The van der Waals surface area contributed by atoms with Crippen LogP contribution < -0.4 is 15.4 Å². The third-order valence-corrected chi connectivity index (χ3v) is 4.97. The van der Waals surface area contributed by atoms with Crippen molar-refractivity contribution in [1.82, 2.24) is 10.2 Å². The van der Waals surface area contributed by atoms with E-state index in [1.54, 1.807) is 18.2 Å². The summed E-state index contributed by atoms with van der Waals surface area (Å²) in [6.07, 6.45) is 0. The molecular weight excluding hydrogens is 407 g/mol. The Hall–Kier alpha value is -2.35. The summed E-state index contributed by atoms with van der Waals surface area (Å²) in [4.78, 5) is 12.1. The third kappa shape index (κ3) is 5.56. The molecule has 0 aliphatic rings. The van der Waals surface area contributed by atoms with Gasteiger partial charge in [0.15, 0.2) is 5.01 Å². The topological polar surface area (TPSA) is 76.1 Å². The van der Waals surface area contributed by atoms with Crippen molar-refractivity contribution in [1.29, 1.82) is 0 Å².